The molecule has 1 aliphatic carbocycles. The van der Waals surface area contributed by atoms with Gasteiger partial charge in [0.15, 0.2) is 11.9 Å². The molecule has 4 nitrogen and oxygen atoms in total. The number of ether oxygens (including phenoxy) is 2. The lowest BCUT2D eigenvalue weighted by Gasteiger charge is -2.49. The first-order valence-electron chi connectivity index (χ1n) is 8.78. The molecule has 3 saturated heterocycles. The monoisotopic (exact) mass is 318 g/mol. The maximum atomic E-state index is 6.32. The van der Waals surface area contributed by atoms with E-state index < -0.39 is 11.4 Å². The fraction of sp³-hybridized carbons (Fsp3) is 0.684. The van der Waals surface area contributed by atoms with E-state index in [0.29, 0.717) is 5.92 Å². The van der Waals surface area contributed by atoms with Crippen molar-refractivity contribution in [1.82, 2.24) is 0 Å². The summed E-state index contributed by atoms with van der Waals surface area (Å²) in [5, 5.41) is 0. The Balaban J connectivity index is 1.66. The highest BCUT2D eigenvalue weighted by Gasteiger charge is 2.62. The molecule has 1 aromatic carbocycles. The van der Waals surface area contributed by atoms with Crippen LogP contribution < -0.4 is 0 Å². The molecule has 126 valence electrons. The van der Waals surface area contributed by atoms with E-state index in [1.807, 2.05) is 6.92 Å². The summed E-state index contributed by atoms with van der Waals surface area (Å²) in [5.74, 6) is -0.0618. The summed E-state index contributed by atoms with van der Waals surface area (Å²) < 4.78 is 12.0. The maximum Gasteiger partial charge on any atom is 0.204 e. The van der Waals surface area contributed by atoms with Gasteiger partial charge in [0.2, 0.25) is 5.79 Å². The van der Waals surface area contributed by atoms with Crippen LogP contribution in [0.15, 0.2) is 30.3 Å². The molecule has 1 spiro atoms. The van der Waals surface area contributed by atoms with Crippen LogP contribution in [0.4, 0.5) is 0 Å². The van der Waals surface area contributed by atoms with Gasteiger partial charge in [-0.1, -0.05) is 43.2 Å². The van der Waals surface area contributed by atoms with Crippen LogP contribution in [0.5, 0.6) is 0 Å². The van der Waals surface area contributed by atoms with E-state index >= 15 is 0 Å². The predicted molar refractivity (Wildman–Crippen MR) is 85.4 cm³/mol. The van der Waals surface area contributed by atoms with Crippen LogP contribution in [0, 0.1) is 11.8 Å². The number of hydrogen-bond donors (Lipinski definition) is 0. The molecule has 0 aromatic heterocycles. The van der Waals surface area contributed by atoms with Crippen molar-refractivity contribution in [2.75, 3.05) is 7.11 Å². The molecule has 5 atom stereocenters. The second-order valence-corrected chi connectivity index (χ2v) is 7.39. The zero-order valence-electron chi connectivity index (χ0n) is 14.0. The lowest BCUT2D eigenvalue weighted by atomic mass is 9.70. The fourth-order valence-electron chi connectivity index (χ4n) is 4.65. The van der Waals surface area contributed by atoms with Crippen molar-refractivity contribution < 1.29 is 19.2 Å². The Bertz CT molecular complexity index is 548. The minimum Gasteiger partial charge on any atom is -0.353 e. The highest BCUT2D eigenvalue weighted by atomic mass is 17.3. The van der Waals surface area contributed by atoms with E-state index in [-0.39, 0.29) is 12.2 Å². The van der Waals surface area contributed by atoms with Gasteiger partial charge in [-0.15, -0.1) is 0 Å². The molecule has 4 fully saturated rings. The summed E-state index contributed by atoms with van der Waals surface area (Å²) in [7, 11) is 1.71. The van der Waals surface area contributed by atoms with Gasteiger partial charge in [0.1, 0.15) is 0 Å². The highest BCUT2D eigenvalue weighted by molar-refractivity contribution is 5.16. The Morgan fingerprint density at radius 1 is 1.17 bits per heavy atom. The predicted octanol–water partition coefficient (Wildman–Crippen LogP) is 3.85. The maximum absolute atomic E-state index is 6.32. The Morgan fingerprint density at radius 2 is 2.00 bits per heavy atom. The molecule has 2 unspecified atom stereocenters. The zero-order valence-corrected chi connectivity index (χ0v) is 14.0. The van der Waals surface area contributed by atoms with E-state index in [4.69, 9.17) is 19.2 Å². The van der Waals surface area contributed by atoms with E-state index in [2.05, 4.69) is 30.3 Å². The van der Waals surface area contributed by atoms with Gasteiger partial charge in [0, 0.05) is 13.0 Å². The van der Waals surface area contributed by atoms with Crippen LogP contribution in [0.1, 0.15) is 44.6 Å². The Kier molecular flexibility index (Phi) is 3.96. The molecule has 1 aromatic rings. The average Bonchev–Trinajstić information content (AvgIpc) is 2.77. The topological polar surface area (TPSA) is 36.9 Å². The average molecular weight is 318 g/mol. The summed E-state index contributed by atoms with van der Waals surface area (Å²) in [5.41, 5.74) is 0.882. The first-order valence-corrected chi connectivity index (χ1v) is 8.78. The molecular formula is C19H26O4. The van der Waals surface area contributed by atoms with Crippen molar-refractivity contribution in [2.45, 2.75) is 63.1 Å². The van der Waals surface area contributed by atoms with Gasteiger partial charge in [-0.2, -0.15) is 0 Å². The molecule has 1 saturated carbocycles. The molecule has 0 radical (unpaired) electrons. The first kappa shape index (κ1) is 15.6. The Labute approximate surface area is 138 Å². The van der Waals surface area contributed by atoms with Gasteiger partial charge in [0.25, 0.3) is 0 Å². The van der Waals surface area contributed by atoms with E-state index in [1.165, 1.54) is 12.0 Å². The van der Waals surface area contributed by atoms with E-state index in [1.54, 1.807) is 7.11 Å². The Hall–Kier alpha value is -0.940. The first-order chi connectivity index (χ1) is 11.2. The Morgan fingerprint density at radius 3 is 2.78 bits per heavy atom. The summed E-state index contributed by atoms with van der Waals surface area (Å²) in [6, 6.07) is 10.6. The molecule has 4 heteroatoms. The number of rotatable bonds is 3. The second-order valence-electron chi connectivity index (χ2n) is 7.39. The van der Waals surface area contributed by atoms with Gasteiger partial charge in [-0.25, -0.2) is 9.78 Å². The smallest absolute Gasteiger partial charge is 0.204 e. The molecule has 0 N–H and O–H groups in total. The van der Waals surface area contributed by atoms with Crippen molar-refractivity contribution in [3.8, 4) is 0 Å². The van der Waals surface area contributed by atoms with Crippen molar-refractivity contribution in [3.63, 3.8) is 0 Å². The second kappa shape index (κ2) is 5.85. The van der Waals surface area contributed by atoms with Crippen LogP contribution in [0.25, 0.3) is 0 Å². The van der Waals surface area contributed by atoms with Gasteiger partial charge in [-0.05, 0) is 44.1 Å². The third-order valence-electron chi connectivity index (χ3n) is 6.01. The molecule has 23 heavy (non-hydrogen) atoms. The third-order valence-corrected chi connectivity index (χ3v) is 6.01. The molecule has 2 bridgehead atoms. The highest BCUT2D eigenvalue weighted by Crippen LogP contribution is 2.54. The van der Waals surface area contributed by atoms with Crippen LogP contribution in [0.3, 0.4) is 0 Å². The number of hydrogen-bond acceptors (Lipinski definition) is 4. The largest absolute Gasteiger partial charge is 0.353 e. The van der Waals surface area contributed by atoms with Gasteiger partial charge >= 0.3 is 0 Å². The van der Waals surface area contributed by atoms with E-state index in [9.17, 15) is 0 Å². The van der Waals surface area contributed by atoms with Crippen LogP contribution in [-0.4, -0.2) is 24.8 Å². The van der Waals surface area contributed by atoms with E-state index in [0.717, 1.165) is 32.1 Å². The summed E-state index contributed by atoms with van der Waals surface area (Å²) >= 11 is 0. The number of methoxy groups -OCH3 is 1. The van der Waals surface area contributed by atoms with Gasteiger partial charge in [-0.3, -0.25) is 0 Å². The molecule has 5 rings (SSSR count). The van der Waals surface area contributed by atoms with Crippen molar-refractivity contribution >= 4 is 0 Å². The summed E-state index contributed by atoms with van der Waals surface area (Å²) in [6.45, 7) is 2.00. The standard InChI is InChI=1S/C19H26O4/c1-18-16(12-14-8-4-3-5-9-14)13-15-10-6-7-11-19(15,23-22-18)17(20-2)21-18/h3-5,8-9,15-17H,6-7,10-13H2,1-2H3/t15-,16?,17+,18+,19?/m1/s1. The molecule has 3 aliphatic heterocycles. The van der Waals surface area contributed by atoms with Gasteiger partial charge < -0.3 is 9.47 Å². The molecule has 3 heterocycles. The lowest BCUT2D eigenvalue weighted by Crippen LogP contribution is -2.60. The SMILES string of the molecule is CO[C@H]1O[C@@]2(C)OOC13CCCC[C@@H]3CC2Cc1ccccc1. The fourth-order valence-corrected chi connectivity index (χ4v) is 4.65. The molecular weight excluding hydrogens is 292 g/mol. The zero-order chi connectivity index (χ0) is 15.9. The quantitative estimate of drug-likeness (QED) is 0.793. The van der Waals surface area contributed by atoms with Crippen molar-refractivity contribution in [2.24, 2.45) is 11.8 Å². The normalized spacial score (nSPS) is 43.0. The van der Waals surface area contributed by atoms with Crippen molar-refractivity contribution in [3.05, 3.63) is 35.9 Å². The molecule has 4 aliphatic rings. The third kappa shape index (κ3) is 2.52. The summed E-state index contributed by atoms with van der Waals surface area (Å²) in [4.78, 5) is 11.9. The summed E-state index contributed by atoms with van der Waals surface area (Å²) in [6.07, 6.45) is 6.16. The number of benzene rings is 1. The minimum atomic E-state index is -0.751. The van der Waals surface area contributed by atoms with Crippen LogP contribution in [-0.2, 0) is 25.7 Å². The van der Waals surface area contributed by atoms with Crippen molar-refractivity contribution in [1.29, 1.82) is 0 Å². The molecule has 0 amide bonds. The van der Waals surface area contributed by atoms with Crippen LogP contribution in [0.2, 0.25) is 0 Å². The minimum absolute atomic E-state index is 0.259. The lowest BCUT2D eigenvalue weighted by molar-refractivity contribution is -0.553. The number of fused-ring (bicyclic) bond motifs is 3. The van der Waals surface area contributed by atoms with Crippen LogP contribution >= 0.6 is 0 Å². The van der Waals surface area contributed by atoms with Gasteiger partial charge in [0.05, 0.1) is 0 Å².